The number of hydrogen-bond acceptors (Lipinski definition) is 1. The lowest BCUT2D eigenvalue weighted by Crippen LogP contribution is -2.10. The Morgan fingerprint density at radius 2 is 1.91 bits per heavy atom. The Balaban J connectivity index is 3.63. The Hall–Kier alpha value is 0.0900. The fourth-order valence-electron chi connectivity index (χ4n) is 1.18. The monoisotopic (exact) mass is 172 g/mol. The van der Waals surface area contributed by atoms with Crippen LogP contribution in [0.3, 0.4) is 0 Å². The van der Waals surface area contributed by atoms with Crippen LogP contribution in [0.5, 0.6) is 0 Å². The molecule has 2 atom stereocenters. The fraction of sp³-hybridized carbons (Fsp3) is 0.800. The number of rotatable bonds is 5. The van der Waals surface area contributed by atoms with Gasteiger partial charge in [-0.3, -0.25) is 0 Å². The summed E-state index contributed by atoms with van der Waals surface area (Å²) in [6, 6.07) is 0. The third-order valence-electron chi connectivity index (χ3n) is 2.07. The van der Waals surface area contributed by atoms with E-state index < -0.39 is 0 Å². The van der Waals surface area contributed by atoms with Gasteiger partial charge in [0.2, 0.25) is 0 Å². The van der Waals surface area contributed by atoms with Gasteiger partial charge in [-0.1, -0.05) is 19.4 Å². The van der Waals surface area contributed by atoms with Crippen LogP contribution in [0.25, 0.3) is 0 Å². The molecule has 0 aromatic carbocycles. The molecule has 1 heteroatoms. The van der Waals surface area contributed by atoms with Crippen molar-refractivity contribution < 1.29 is 0 Å². The fourth-order valence-corrected chi connectivity index (χ4v) is 2.03. The zero-order valence-corrected chi connectivity index (χ0v) is 9.00. The van der Waals surface area contributed by atoms with Crippen LogP contribution in [0.2, 0.25) is 0 Å². The Kier molecular flexibility index (Phi) is 5.75. The second kappa shape index (κ2) is 5.70. The Labute approximate surface area is 75.5 Å². The van der Waals surface area contributed by atoms with Crippen molar-refractivity contribution in [2.75, 3.05) is 12.0 Å². The maximum absolute atomic E-state index is 3.93. The van der Waals surface area contributed by atoms with Crippen LogP contribution in [-0.4, -0.2) is 12.0 Å². The Morgan fingerprint density at radius 1 is 1.36 bits per heavy atom. The molecule has 0 saturated heterocycles. The van der Waals surface area contributed by atoms with E-state index in [1.807, 2.05) is 11.8 Å². The average molecular weight is 172 g/mol. The molecule has 0 amide bonds. The van der Waals surface area contributed by atoms with Gasteiger partial charge in [0.05, 0.1) is 0 Å². The SMILES string of the molecule is C=C(C)CC(C)C(C)CSC. The molecule has 0 heterocycles. The highest BCUT2D eigenvalue weighted by Gasteiger charge is 2.10. The maximum atomic E-state index is 3.93. The van der Waals surface area contributed by atoms with Gasteiger partial charge in [0.25, 0.3) is 0 Å². The minimum absolute atomic E-state index is 0.792. The third-order valence-corrected chi connectivity index (χ3v) is 2.93. The van der Waals surface area contributed by atoms with Crippen molar-refractivity contribution in [2.45, 2.75) is 27.2 Å². The van der Waals surface area contributed by atoms with Gasteiger partial charge in [0.1, 0.15) is 0 Å². The molecule has 0 N–H and O–H groups in total. The molecular formula is C10H20S. The molecule has 0 nitrogen and oxygen atoms in total. The number of allylic oxidation sites excluding steroid dienone is 1. The lowest BCUT2D eigenvalue weighted by Gasteiger charge is -2.18. The van der Waals surface area contributed by atoms with Crippen LogP contribution < -0.4 is 0 Å². The van der Waals surface area contributed by atoms with Gasteiger partial charge < -0.3 is 0 Å². The van der Waals surface area contributed by atoms with E-state index in [-0.39, 0.29) is 0 Å². The van der Waals surface area contributed by atoms with Crippen LogP contribution >= 0.6 is 11.8 Å². The van der Waals surface area contributed by atoms with Crippen molar-refractivity contribution in [1.82, 2.24) is 0 Å². The maximum Gasteiger partial charge on any atom is -0.00419 e. The predicted octanol–water partition coefficient (Wildman–Crippen LogP) is 3.59. The van der Waals surface area contributed by atoms with E-state index in [1.54, 1.807) is 0 Å². The van der Waals surface area contributed by atoms with Gasteiger partial charge >= 0.3 is 0 Å². The summed E-state index contributed by atoms with van der Waals surface area (Å²) in [5.74, 6) is 2.88. The molecule has 0 aliphatic heterocycles. The van der Waals surface area contributed by atoms with Gasteiger partial charge in [0, 0.05) is 0 Å². The molecule has 2 unspecified atom stereocenters. The highest BCUT2D eigenvalue weighted by atomic mass is 32.2. The number of thioether (sulfide) groups is 1. The van der Waals surface area contributed by atoms with Crippen molar-refractivity contribution in [3.05, 3.63) is 12.2 Å². The first kappa shape index (κ1) is 11.1. The summed E-state index contributed by atoms with van der Waals surface area (Å²) in [6.45, 7) is 10.7. The molecular weight excluding hydrogens is 152 g/mol. The van der Waals surface area contributed by atoms with Crippen LogP contribution in [0, 0.1) is 11.8 Å². The third kappa shape index (κ3) is 5.37. The van der Waals surface area contributed by atoms with E-state index in [0.29, 0.717) is 0 Å². The molecule has 0 aromatic heterocycles. The second-order valence-corrected chi connectivity index (χ2v) is 4.48. The summed E-state index contributed by atoms with van der Waals surface area (Å²) in [6.07, 6.45) is 3.35. The van der Waals surface area contributed by atoms with Crippen molar-refractivity contribution >= 4 is 11.8 Å². The summed E-state index contributed by atoms with van der Waals surface area (Å²) < 4.78 is 0. The average Bonchev–Trinajstić information content (AvgIpc) is 1.86. The van der Waals surface area contributed by atoms with Crippen LogP contribution in [0.15, 0.2) is 12.2 Å². The smallest absolute Gasteiger partial charge is 0.00419 e. The van der Waals surface area contributed by atoms with Crippen molar-refractivity contribution in [1.29, 1.82) is 0 Å². The molecule has 0 aliphatic rings. The minimum Gasteiger partial charge on any atom is -0.165 e. The summed E-state index contributed by atoms with van der Waals surface area (Å²) in [7, 11) is 0. The first-order valence-corrected chi connectivity index (χ1v) is 5.60. The van der Waals surface area contributed by atoms with E-state index in [0.717, 1.165) is 11.8 Å². The number of hydrogen-bond donors (Lipinski definition) is 0. The van der Waals surface area contributed by atoms with E-state index >= 15 is 0 Å². The lowest BCUT2D eigenvalue weighted by atomic mass is 9.92. The van der Waals surface area contributed by atoms with Crippen molar-refractivity contribution in [3.63, 3.8) is 0 Å². The Bertz CT molecular complexity index is 118. The van der Waals surface area contributed by atoms with E-state index in [4.69, 9.17) is 0 Å². The zero-order valence-electron chi connectivity index (χ0n) is 8.18. The van der Waals surface area contributed by atoms with E-state index in [9.17, 15) is 0 Å². The van der Waals surface area contributed by atoms with Gasteiger partial charge in [0.15, 0.2) is 0 Å². The summed E-state index contributed by atoms with van der Waals surface area (Å²) in [5.41, 5.74) is 1.31. The van der Waals surface area contributed by atoms with Crippen molar-refractivity contribution in [3.8, 4) is 0 Å². The normalized spacial score (nSPS) is 16.0. The quantitative estimate of drug-likeness (QED) is 0.571. The van der Waals surface area contributed by atoms with Crippen LogP contribution in [0.1, 0.15) is 27.2 Å². The summed E-state index contributed by atoms with van der Waals surface area (Å²) in [5, 5.41) is 0. The van der Waals surface area contributed by atoms with Crippen molar-refractivity contribution in [2.24, 2.45) is 11.8 Å². The van der Waals surface area contributed by atoms with Gasteiger partial charge in [-0.05, 0) is 37.2 Å². The standard InChI is InChI=1S/C10H20S/c1-8(2)6-9(3)10(4)7-11-5/h9-10H,1,6-7H2,2-5H3. The molecule has 0 bridgehead atoms. The van der Waals surface area contributed by atoms with Gasteiger partial charge in [-0.15, -0.1) is 6.58 Å². The molecule has 0 rings (SSSR count). The first-order valence-electron chi connectivity index (χ1n) is 4.21. The van der Waals surface area contributed by atoms with E-state index in [2.05, 4.69) is 33.6 Å². The van der Waals surface area contributed by atoms with Gasteiger partial charge in [-0.25, -0.2) is 0 Å². The highest BCUT2D eigenvalue weighted by molar-refractivity contribution is 7.98. The molecule has 66 valence electrons. The minimum atomic E-state index is 0.792. The first-order chi connectivity index (χ1) is 5.07. The summed E-state index contributed by atoms with van der Waals surface area (Å²) >= 11 is 1.94. The topological polar surface area (TPSA) is 0 Å². The molecule has 0 fully saturated rings. The molecule has 0 radical (unpaired) electrons. The Morgan fingerprint density at radius 3 is 2.27 bits per heavy atom. The second-order valence-electron chi connectivity index (χ2n) is 3.57. The van der Waals surface area contributed by atoms with Crippen LogP contribution in [0.4, 0.5) is 0 Å². The molecule has 0 spiro atoms. The molecule has 11 heavy (non-hydrogen) atoms. The lowest BCUT2D eigenvalue weighted by molar-refractivity contribution is 0.423. The zero-order chi connectivity index (χ0) is 8.85. The van der Waals surface area contributed by atoms with Gasteiger partial charge in [-0.2, -0.15) is 11.8 Å². The largest absolute Gasteiger partial charge is 0.165 e. The molecule has 0 aliphatic carbocycles. The highest BCUT2D eigenvalue weighted by Crippen LogP contribution is 2.21. The molecule has 0 aromatic rings. The van der Waals surface area contributed by atoms with Crippen LogP contribution in [-0.2, 0) is 0 Å². The predicted molar refractivity (Wildman–Crippen MR) is 56.1 cm³/mol. The summed E-state index contributed by atoms with van der Waals surface area (Å²) in [4.78, 5) is 0. The molecule has 0 saturated carbocycles. The van der Waals surface area contributed by atoms with E-state index in [1.165, 1.54) is 17.7 Å².